The number of para-hydroxylation sites is 1. The number of carbonyl (C=O) groups excluding carboxylic acids is 1. The molecule has 1 amide bonds. The number of likely N-dealkylation sites (tertiary alicyclic amines) is 2. The second-order valence-corrected chi connectivity index (χ2v) is 8.07. The van der Waals surface area contributed by atoms with Gasteiger partial charge in [0.2, 0.25) is 5.91 Å². The predicted molar refractivity (Wildman–Crippen MR) is 98.4 cm³/mol. The van der Waals surface area contributed by atoms with Gasteiger partial charge in [0, 0.05) is 32.0 Å². The topological polar surface area (TPSA) is 36.4 Å². The van der Waals surface area contributed by atoms with Crippen molar-refractivity contribution < 1.29 is 4.79 Å². The van der Waals surface area contributed by atoms with Gasteiger partial charge >= 0.3 is 0 Å². The number of carbonyl (C=O) groups is 1. The molecule has 2 fully saturated rings. The number of fused-ring (bicyclic) bond motifs is 1. The third-order valence-corrected chi connectivity index (χ3v) is 6.39. The zero-order chi connectivity index (χ0) is 16.4. The number of aryl methyl sites for hydroxylation is 1. The molecule has 0 N–H and O–H groups in total. The van der Waals surface area contributed by atoms with E-state index in [-0.39, 0.29) is 0 Å². The number of hydrogen-bond acceptors (Lipinski definition) is 4. The Kier molecular flexibility index (Phi) is 4.81. The van der Waals surface area contributed by atoms with Gasteiger partial charge in [-0.1, -0.05) is 12.1 Å². The summed E-state index contributed by atoms with van der Waals surface area (Å²) < 4.78 is 1.21. The third kappa shape index (κ3) is 3.47. The first-order chi connectivity index (χ1) is 11.8. The molecule has 4 rings (SSSR count). The number of hydrogen-bond donors (Lipinski definition) is 0. The van der Waals surface area contributed by atoms with Crippen molar-refractivity contribution in [2.75, 3.05) is 26.2 Å². The van der Waals surface area contributed by atoms with Crippen LogP contribution >= 0.6 is 11.3 Å². The molecule has 0 bridgehead atoms. The standard InChI is InChI=1S/C19H25N3OS/c23-19(10-9-18-20-16-7-1-2-8-17(16)24-18)22-13-5-6-15(14-22)21-11-3-4-12-21/h1-2,7-8,15H,3-6,9-14H2. The molecule has 0 aliphatic carbocycles. The molecule has 24 heavy (non-hydrogen) atoms. The summed E-state index contributed by atoms with van der Waals surface area (Å²) in [4.78, 5) is 22.0. The van der Waals surface area contributed by atoms with Gasteiger partial charge in [0.1, 0.15) is 0 Å². The predicted octanol–water partition coefficient (Wildman–Crippen LogP) is 3.32. The molecule has 2 saturated heterocycles. The van der Waals surface area contributed by atoms with Crippen LogP contribution in [-0.4, -0.2) is 52.9 Å². The lowest BCUT2D eigenvalue weighted by molar-refractivity contribution is -0.133. The van der Waals surface area contributed by atoms with Gasteiger partial charge in [-0.2, -0.15) is 0 Å². The van der Waals surface area contributed by atoms with Gasteiger partial charge in [0.05, 0.1) is 15.2 Å². The highest BCUT2D eigenvalue weighted by molar-refractivity contribution is 7.18. The van der Waals surface area contributed by atoms with E-state index in [1.807, 2.05) is 18.2 Å². The Hall–Kier alpha value is -1.46. The zero-order valence-electron chi connectivity index (χ0n) is 14.1. The van der Waals surface area contributed by atoms with E-state index in [0.29, 0.717) is 18.4 Å². The van der Waals surface area contributed by atoms with Crippen molar-refractivity contribution in [3.05, 3.63) is 29.3 Å². The van der Waals surface area contributed by atoms with Crippen molar-refractivity contribution in [1.29, 1.82) is 0 Å². The molecule has 4 nitrogen and oxygen atoms in total. The maximum Gasteiger partial charge on any atom is 0.223 e. The molecule has 1 unspecified atom stereocenters. The van der Waals surface area contributed by atoms with Gasteiger partial charge in [0.25, 0.3) is 0 Å². The lowest BCUT2D eigenvalue weighted by atomic mass is 10.0. The van der Waals surface area contributed by atoms with Crippen LogP contribution < -0.4 is 0 Å². The number of amides is 1. The van der Waals surface area contributed by atoms with Gasteiger partial charge in [-0.25, -0.2) is 4.98 Å². The number of thiazole rings is 1. The molecule has 3 heterocycles. The van der Waals surface area contributed by atoms with E-state index in [0.717, 1.165) is 36.5 Å². The Morgan fingerprint density at radius 2 is 2.00 bits per heavy atom. The number of piperidine rings is 1. The Bertz CT molecular complexity index is 674. The summed E-state index contributed by atoms with van der Waals surface area (Å²) in [7, 11) is 0. The fourth-order valence-corrected chi connectivity index (χ4v) is 4.95. The first-order valence-electron chi connectivity index (χ1n) is 9.16. The summed E-state index contributed by atoms with van der Waals surface area (Å²) >= 11 is 1.72. The number of aromatic nitrogens is 1. The Morgan fingerprint density at radius 3 is 2.83 bits per heavy atom. The van der Waals surface area contributed by atoms with Crippen LogP contribution in [0, 0.1) is 0 Å². The minimum atomic E-state index is 0.304. The Labute approximate surface area is 147 Å². The van der Waals surface area contributed by atoms with Crippen LogP contribution in [0.3, 0.4) is 0 Å². The highest BCUT2D eigenvalue weighted by Gasteiger charge is 2.29. The first-order valence-corrected chi connectivity index (χ1v) is 9.97. The van der Waals surface area contributed by atoms with Crippen LogP contribution in [0.15, 0.2) is 24.3 Å². The molecule has 2 aliphatic rings. The molecule has 0 radical (unpaired) electrons. The third-order valence-electron chi connectivity index (χ3n) is 5.30. The average Bonchev–Trinajstić information content (AvgIpc) is 3.29. The molecule has 2 aromatic rings. The van der Waals surface area contributed by atoms with E-state index >= 15 is 0 Å². The fourth-order valence-electron chi connectivity index (χ4n) is 3.98. The van der Waals surface area contributed by atoms with Crippen molar-refractivity contribution in [2.24, 2.45) is 0 Å². The van der Waals surface area contributed by atoms with E-state index in [1.54, 1.807) is 11.3 Å². The number of nitrogens with zero attached hydrogens (tertiary/aromatic N) is 3. The first kappa shape index (κ1) is 16.0. The monoisotopic (exact) mass is 343 g/mol. The minimum absolute atomic E-state index is 0.304. The van der Waals surface area contributed by atoms with Gasteiger partial charge in [-0.05, 0) is 50.9 Å². The summed E-state index contributed by atoms with van der Waals surface area (Å²) in [5.74, 6) is 0.304. The van der Waals surface area contributed by atoms with E-state index in [1.165, 1.54) is 37.1 Å². The lowest BCUT2D eigenvalue weighted by Gasteiger charge is -2.37. The van der Waals surface area contributed by atoms with Crippen LogP contribution in [-0.2, 0) is 11.2 Å². The highest BCUT2D eigenvalue weighted by Crippen LogP contribution is 2.24. The Balaban J connectivity index is 1.33. The smallest absolute Gasteiger partial charge is 0.223 e. The molecule has 0 saturated carbocycles. The quantitative estimate of drug-likeness (QED) is 0.854. The molecule has 1 aromatic heterocycles. The maximum absolute atomic E-state index is 12.6. The number of benzene rings is 1. The van der Waals surface area contributed by atoms with Crippen LogP contribution in [0.4, 0.5) is 0 Å². The summed E-state index contributed by atoms with van der Waals surface area (Å²) in [5.41, 5.74) is 1.05. The highest BCUT2D eigenvalue weighted by atomic mass is 32.1. The van der Waals surface area contributed by atoms with Crippen molar-refractivity contribution in [3.8, 4) is 0 Å². The van der Waals surface area contributed by atoms with Gasteiger partial charge in [-0.3, -0.25) is 9.69 Å². The lowest BCUT2D eigenvalue weighted by Crippen LogP contribution is -2.49. The fraction of sp³-hybridized carbons (Fsp3) is 0.579. The van der Waals surface area contributed by atoms with Crippen molar-refractivity contribution in [1.82, 2.24) is 14.8 Å². The van der Waals surface area contributed by atoms with Crippen molar-refractivity contribution >= 4 is 27.5 Å². The van der Waals surface area contributed by atoms with Gasteiger partial charge < -0.3 is 4.90 Å². The zero-order valence-corrected chi connectivity index (χ0v) is 14.9. The molecule has 1 aromatic carbocycles. The van der Waals surface area contributed by atoms with Crippen molar-refractivity contribution in [3.63, 3.8) is 0 Å². The average molecular weight is 343 g/mol. The molecule has 0 spiro atoms. The van der Waals surface area contributed by atoms with E-state index in [9.17, 15) is 4.79 Å². The van der Waals surface area contributed by atoms with Crippen LogP contribution in [0.25, 0.3) is 10.2 Å². The second-order valence-electron chi connectivity index (χ2n) is 6.95. The van der Waals surface area contributed by atoms with Gasteiger partial charge in [-0.15, -0.1) is 11.3 Å². The van der Waals surface area contributed by atoms with Crippen LogP contribution in [0.1, 0.15) is 37.1 Å². The normalized spacial score (nSPS) is 22.3. The largest absolute Gasteiger partial charge is 0.341 e. The minimum Gasteiger partial charge on any atom is -0.341 e. The SMILES string of the molecule is O=C(CCc1nc2ccccc2s1)N1CCCC(N2CCCC2)C1. The molecule has 128 valence electrons. The van der Waals surface area contributed by atoms with Crippen LogP contribution in [0.5, 0.6) is 0 Å². The van der Waals surface area contributed by atoms with E-state index < -0.39 is 0 Å². The summed E-state index contributed by atoms with van der Waals surface area (Å²) in [6.07, 6.45) is 6.40. The summed E-state index contributed by atoms with van der Waals surface area (Å²) in [5, 5.41) is 1.08. The van der Waals surface area contributed by atoms with Crippen molar-refractivity contribution in [2.45, 2.75) is 44.6 Å². The summed E-state index contributed by atoms with van der Waals surface area (Å²) in [6, 6.07) is 8.80. The Morgan fingerprint density at radius 1 is 1.17 bits per heavy atom. The summed E-state index contributed by atoms with van der Waals surface area (Å²) in [6.45, 7) is 4.30. The van der Waals surface area contributed by atoms with Crippen LogP contribution in [0.2, 0.25) is 0 Å². The number of rotatable bonds is 4. The maximum atomic E-state index is 12.6. The molecule has 2 aliphatic heterocycles. The molecule has 1 atom stereocenters. The van der Waals surface area contributed by atoms with Gasteiger partial charge in [0.15, 0.2) is 0 Å². The second kappa shape index (κ2) is 7.19. The molecule has 5 heteroatoms. The van der Waals surface area contributed by atoms with E-state index in [2.05, 4.69) is 20.9 Å². The molecular weight excluding hydrogens is 318 g/mol. The molecular formula is C19H25N3OS. The van der Waals surface area contributed by atoms with E-state index in [4.69, 9.17) is 0 Å².